The fourth-order valence-electron chi connectivity index (χ4n) is 2.68. The number of rotatable bonds is 6. The number of amides is 2. The number of likely N-dealkylation sites (tertiary alicyclic amines) is 1. The van der Waals surface area contributed by atoms with Crippen molar-refractivity contribution in [1.82, 2.24) is 19.8 Å². The molecule has 6 heteroatoms. The fourth-order valence-corrected chi connectivity index (χ4v) is 2.68. The molecule has 3 rings (SSSR count). The Kier molecular flexibility index (Phi) is 3.71. The van der Waals surface area contributed by atoms with Gasteiger partial charge in [-0.1, -0.05) is 0 Å². The minimum Gasteiger partial charge on any atom is -0.356 e. The van der Waals surface area contributed by atoms with Crippen molar-refractivity contribution in [3.05, 3.63) is 18.7 Å². The Bertz CT molecular complexity index is 481. The third-order valence-electron chi connectivity index (χ3n) is 3.97. The van der Waals surface area contributed by atoms with Gasteiger partial charge >= 0.3 is 0 Å². The van der Waals surface area contributed by atoms with Crippen LogP contribution in [0, 0.1) is 5.92 Å². The molecular formula is C14H20N4O2. The Labute approximate surface area is 118 Å². The van der Waals surface area contributed by atoms with E-state index in [1.165, 1.54) is 0 Å². The highest BCUT2D eigenvalue weighted by Gasteiger charge is 2.41. The van der Waals surface area contributed by atoms with Crippen molar-refractivity contribution in [2.75, 3.05) is 13.1 Å². The van der Waals surface area contributed by atoms with Gasteiger partial charge in [0.05, 0.1) is 12.2 Å². The zero-order valence-electron chi connectivity index (χ0n) is 11.5. The smallest absolute Gasteiger partial charge is 0.225 e. The molecule has 1 aromatic rings. The van der Waals surface area contributed by atoms with Crippen LogP contribution in [0.1, 0.15) is 25.7 Å². The molecule has 20 heavy (non-hydrogen) atoms. The molecule has 1 atom stereocenters. The average molecular weight is 276 g/mol. The predicted octanol–water partition coefficient (Wildman–Crippen LogP) is 0.400. The second-order valence-electron chi connectivity index (χ2n) is 5.62. The van der Waals surface area contributed by atoms with Crippen LogP contribution in [0.15, 0.2) is 18.7 Å². The summed E-state index contributed by atoms with van der Waals surface area (Å²) in [4.78, 5) is 29.7. The van der Waals surface area contributed by atoms with Gasteiger partial charge < -0.3 is 14.8 Å². The second kappa shape index (κ2) is 5.64. The lowest BCUT2D eigenvalue weighted by Crippen LogP contribution is -2.34. The van der Waals surface area contributed by atoms with Crippen LogP contribution < -0.4 is 5.32 Å². The molecule has 2 heterocycles. The Balaban J connectivity index is 1.37. The highest BCUT2D eigenvalue weighted by atomic mass is 16.2. The van der Waals surface area contributed by atoms with Crippen LogP contribution in [0.3, 0.4) is 0 Å². The summed E-state index contributed by atoms with van der Waals surface area (Å²) < 4.78 is 1.99. The molecule has 6 nitrogen and oxygen atoms in total. The summed E-state index contributed by atoms with van der Waals surface area (Å²) in [5.41, 5.74) is 0. The molecule has 1 N–H and O–H groups in total. The van der Waals surface area contributed by atoms with E-state index in [1.54, 1.807) is 12.5 Å². The molecule has 0 spiro atoms. The van der Waals surface area contributed by atoms with Crippen molar-refractivity contribution in [1.29, 1.82) is 0 Å². The van der Waals surface area contributed by atoms with Gasteiger partial charge in [0, 0.05) is 44.5 Å². The van der Waals surface area contributed by atoms with Crippen LogP contribution in [0.4, 0.5) is 0 Å². The number of hydrogen-bond acceptors (Lipinski definition) is 3. The first kappa shape index (κ1) is 13.1. The van der Waals surface area contributed by atoms with E-state index in [0.717, 1.165) is 25.8 Å². The van der Waals surface area contributed by atoms with Crippen molar-refractivity contribution in [3.63, 3.8) is 0 Å². The van der Waals surface area contributed by atoms with Crippen LogP contribution in [-0.4, -0.2) is 45.4 Å². The first-order valence-corrected chi connectivity index (χ1v) is 7.27. The van der Waals surface area contributed by atoms with E-state index < -0.39 is 0 Å². The van der Waals surface area contributed by atoms with E-state index in [9.17, 15) is 9.59 Å². The summed E-state index contributed by atoms with van der Waals surface area (Å²) in [6.07, 6.45) is 8.88. The van der Waals surface area contributed by atoms with Crippen LogP contribution in [0.5, 0.6) is 0 Å². The zero-order valence-corrected chi connectivity index (χ0v) is 11.5. The van der Waals surface area contributed by atoms with Crippen molar-refractivity contribution < 1.29 is 9.59 Å². The average Bonchev–Trinajstić information content (AvgIpc) is 2.99. The number of hydrogen-bond donors (Lipinski definition) is 1. The topological polar surface area (TPSA) is 67.2 Å². The molecule has 1 aliphatic heterocycles. The van der Waals surface area contributed by atoms with Gasteiger partial charge in [0.2, 0.25) is 11.8 Å². The summed E-state index contributed by atoms with van der Waals surface area (Å²) >= 11 is 0. The Morgan fingerprint density at radius 1 is 1.45 bits per heavy atom. The lowest BCUT2D eigenvalue weighted by Gasteiger charge is -2.15. The van der Waals surface area contributed by atoms with Gasteiger partial charge in [0.25, 0.3) is 0 Å². The van der Waals surface area contributed by atoms with E-state index >= 15 is 0 Å². The highest BCUT2D eigenvalue weighted by molar-refractivity contribution is 5.89. The molecule has 1 saturated heterocycles. The molecule has 1 aromatic heterocycles. The van der Waals surface area contributed by atoms with Crippen molar-refractivity contribution in [2.24, 2.45) is 5.92 Å². The monoisotopic (exact) mass is 276 g/mol. The summed E-state index contributed by atoms with van der Waals surface area (Å²) in [6.45, 7) is 2.10. The van der Waals surface area contributed by atoms with Crippen LogP contribution >= 0.6 is 0 Å². The molecular weight excluding hydrogens is 256 g/mol. The minimum absolute atomic E-state index is 0.0205. The van der Waals surface area contributed by atoms with E-state index in [-0.39, 0.29) is 17.7 Å². The molecule has 2 aliphatic rings. The van der Waals surface area contributed by atoms with Gasteiger partial charge in [-0.15, -0.1) is 0 Å². The maximum atomic E-state index is 12.0. The molecule has 1 unspecified atom stereocenters. The Morgan fingerprint density at radius 2 is 2.30 bits per heavy atom. The minimum atomic E-state index is -0.156. The zero-order chi connectivity index (χ0) is 13.9. The summed E-state index contributed by atoms with van der Waals surface area (Å²) in [7, 11) is 0. The Hall–Kier alpha value is -1.85. The third kappa shape index (κ3) is 3.00. The van der Waals surface area contributed by atoms with Crippen LogP contribution in [-0.2, 0) is 16.1 Å². The SMILES string of the molecule is O=C(NCCCn1ccnc1)C1CC(=O)N(C2CC2)C1. The number of carbonyl (C=O) groups excluding carboxylic acids is 2. The maximum Gasteiger partial charge on any atom is 0.225 e. The standard InChI is InChI=1S/C14H20N4O2/c19-13-8-11(9-18(13)12-2-3-12)14(20)16-4-1-6-17-7-5-15-10-17/h5,7,10-12H,1-4,6,8-9H2,(H,16,20). The fraction of sp³-hybridized carbons (Fsp3) is 0.643. The number of aryl methyl sites for hydroxylation is 1. The lowest BCUT2D eigenvalue weighted by molar-refractivity contribution is -0.129. The van der Waals surface area contributed by atoms with Gasteiger partial charge in [-0.2, -0.15) is 0 Å². The molecule has 108 valence electrons. The third-order valence-corrected chi connectivity index (χ3v) is 3.97. The number of carbonyl (C=O) groups is 2. The Morgan fingerprint density at radius 3 is 3.00 bits per heavy atom. The maximum absolute atomic E-state index is 12.0. The largest absolute Gasteiger partial charge is 0.356 e. The molecule has 1 aliphatic carbocycles. The number of nitrogens with zero attached hydrogens (tertiary/aromatic N) is 3. The van der Waals surface area contributed by atoms with E-state index in [4.69, 9.17) is 0 Å². The highest BCUT2D eigenvalue weighted by Crippen LogP contribution is 2.32. The van der Waals surface area contributed by atoms with E-state index in [1.807, 2.05) is 15.7 Å². The number of nitrogens with one attached hydrogen (secondary N) is 1. The van der Waals surface area contributed by atoms with Crippen LogP contribution in [0.2, 0.25) is 0 Å². The van der Waals surface area contributed by atoms with E-state index in [2.05, 4.69) is 10.3 Å². The molecule has 0 aromatic carbocycles. The molecule has 0 bridgehead atoms. The molecule has 0 radical (unpaired) electrons. The van der Waals surface area contributed by atoms with Crippen molar-refractivity contribution >= 4 is 11.8 Å². The lowest BCUT2D eigenvalue weighted by atomic mass is 10.1. The molecule has 2 fully saturated rings. The summed E-state index contributed by atoms with van der Waals surface area (Å²) in [5.74, 6) is 0.00883. The van der Waals surface area contributed by atoms with E-state index in [0.29, 0.717) is 25.6 Å². The summed E-state index contributed by atoms with van der Waals surface area (Å²) in [5, 5.41) is 2.94. The second-order valence-corrected chi connectivity index (χ2v) is 5.62. The van der Waals surface area contributed by atoms with Crippen LogP contribution in [0.25, 0.3) is 0 Å². The first-order chi connectivity index (χ1) is 9.74. The van der Waals surface area contributed by atoms with Gasteiger partial charge in [0.15, 0.2) is 0 Å². The quantitative estimate of drug-likeness (QED) is 0.765. The van der Waals surface area contributed by atoms with Crippen molar-refractivity contribution in [2.45, 2.75) is 38.3 Å². The van der Waals surface area contributed by atoms with Gasteiger partial charge in [-0.25, -0.2) is 4.98 Å². The number of aromatic nitrogens is 2. The van der Waals surface area contributed by atoms with Crippen molar-refractivity contribution in [3.8, 4) is 0 Å². The molecule has 1 saturated carbocycles. The predicted molar refractivity (Wildman–Crippen MR) is 72.7 cm³/mol. The van der Waals surface area contributed by atoms with Gasteiger partial charge in [-0.05, 0) is 19.3 Å². The normalized spacial score (nSPS) is 22.3. The first-order valence-electron chi connectivity index (χ1n) is 7.27. The summed E-state index contributed by atoms with van der Waals surface area (Å²) in [6, 6.07) is 0.418. The number of imidazole rings is 1. The molecule has 2 amide bonds. The van der Waals surface area contributed by atoms with Gasteiger partial charge in [0.1, 0.15) is 0 Å². The van der Waals surface area contributed by atoms with Gasteiger partial charge in [-0.3, -0.25) is 9.59 Å².